The number of hydrogen-bond acceptors (Lipinski definition) is 5. The third kappa shape index (κ3) is 5.96. The van der Waals surface area contributed by atoms with E-state index in [4.69, 9.17) is 4.52 Å². The molecule has 6 nitrogen and oxygen atoms in total. The number of halogens is 1. The van der Waals surface area contributed by atoms with Gasteiger partial charge >= 0.3 is 0 Å². The Labute approximate surface area is 187 Å². The van der Waals surface area contributed by atoms with Crippen LogP contribution >= 0.6 is 27.7 Å². The highest BCUT2D eigenvalue weighted by Gasteiger charge is 2.14. The number of nitrogens with one attached hydrogen (secondary N) is 2. The Hall–Kier alpha value is -2.58. The molecular formula is C22H22BrN3O3S. The second-order valence-corrected chi connectivity index (χ2v) is 8.58. The lowest BCUT2D eigenvalue weighted by molar-refractivity contribution is -0.116. The standard InChI is InChI=1S/C22H22BrN3O3S/c1-14-19(15(2)29-26-14)13-30-20-6-4-3-5-18(20)22(28)24-12-11-21(27)25-17-9-7-16(23)8-10-17/h3-10H,11-13H2,1-2H3,(H,24,28)(H,25,27). The summed E-state index contributed by atoms with van der Waals surface area (Å²) in [5.74, 6) is 1.10. The second kappa shape index (κ2) is 10.4. The van der Waals surface area contributed by atoms with Gasteiger partial charge in [-0.15, -0.1) is 11.8 Å². The van der Waals surface area contributed by atoms with Gasteiger partial charge in [0.2, 0.25) is 5.91 Å². The van der Waals surface area contributed by atoms with Crippen molar-refractivity contribution in [2.24, 2.45) is 0 Å². The van der Waals surface area contributed by atoms with E-state index in [1.165, 1.54) is 0 Å². The molecule has 0 unspecified atom stereocenters. The van der Waals surface area contributed by atoms with Gasteiger partial charge in [0.05, 0.1) is 11.3 Å². The van der Waals surface area contributed by atoms with Crippen LogP contribution in [0.4, 0.5) is 5.69 Å². The minimum atomic E-state index is -0.201. The second-order valence-electron chi connectivity index (χ2n) is 6.65. The molecule has 1 heterocycles. The number of hydrogen-bond donors (Lipinski definition) is 2. The number of rotatable bonds is 8. The lowest BCUT2D eigenvalue weighted by Crippen LogP contribution is -2.28. The van der Waals surface area contributed by atoms with Crippen molar-refractivity contribution in [3.05, 3.63) is 75.6 Å². The van der Waals surface area contributed by atoms with Gasteiger partial charge in [0.25, 0.3) is 5.91 Å². The summed E-state index contributed by atoms with van der Waals surface area (Å²) in [5.41, 5.74) is 3.21. The van der Waals surface area contributed by atoms with E-state index in [0.29, 0.717) is 11.3 Å². The van der Waals surface area contributed by atoms with Gasteiger partial charge in [-0.2, -0.15) is 0 Å². The predicted octanol–water partition coefficient (Wildman–Crippen LogP) is 5.10. The average molecular weight is 488 g/mol. The maximum atomic E-state index is 12.6. The van der Waals surface area contributed by atoms with Crippen LogP contribution in [-0.2, 0) is 10.5 Å². The number of benzene rings is 2. The van der Waals surface area contributed by atoms with Crippen molar-refractivity contribution in [2.75, 3.05) is 11.9 Å². The molecule has 3 aromatic rings. The van der Waals surface area contributed by atoms with Gasteiger partial charge in [0.1, 0.15) is 5.76 Å². The van der Waals surface area contributed by atoms with Gasteiger partial charge in [0, 0.05) is 39.3 Å². The molecular weight excluding hydrogens is 466 g/mol. The largest absolute Gasteiger partial charge is 0.361 e. The zero-order chi connectivity index (χ0) is 21.5. The molecule has 0 saturated carbocycles. The van der Waals surface area contributed by atoms with Crippen molar-refractivity contribution in [3.63, 3.8) is 0 Å². The van der Waals surface area contributed by atoms with Gasteiger partial charge in [-0.25, -0.2) is 0 Å². The highest BCUT2D eigenvalue weighted by Crippen LogP contribution is 2.28. The van der Waals surface area contributed by atoms with Crippen LogP contribution in [-0.4, -0.2) is 23.5 Å². The van der Waals surface area contributed by atoms with Gasteiger partial charge < -0.3 is 15.2 Å². The van der Waals surface area contributed by atoms with Crippen LogP contribution in [0.1, 0.15) is 33.8 Å². The van der Waals surface area contributed by atoms with Crippen LogP contribution in [0.2, 0.25) is 0 Å². The molecule has 0 aliphatic carbocycles. The van der Waals surface area contributed by atoms with Crippen LogP contribution in [0, 0.1) is 13.8 Å². The third-order valence-corrected chi connectivity index (χ3v) is 6.08. The number of anilines is 1. The quantitative estimate of drug-likeness (QED) is 0.431. The molecule has 2 N–H and O–H groups in total. The fraction of sp³-hybridized carbons (Fsp3) is 0.227. The van der Waals surface area contributed by atoms with E-state index < -0.39 is 0 Å². The fourth-order valence-electron chi connectivity index (χ4n) is 2.78. The lowest BCUT2D eigenvalue weighted by Gasteiger charge is -2.10. The minimum Gasteiger partial charge on any atom is -0.361 e. The smallest absolute Gasteiger partial charge is 0.252 e. The Morgan fingerprint density at radius 2 is 1.83 bits per heavy atom. The highest BCUT2D eigenvalue weighted by molar-refractivity contribution is 9.10. The number of aromatic nitrogens is 1. The molecule has 0 spiro atoms. The SMILES string of the molecule is Cc1noc(C)c1CSc1ccccc1C(=O)NCCC(=O)Nc1ccc(Br)cc1. The average Bonchev–Trinajstić information content (AvgIpc) is 3.05. The summed E-state index contributed by atoms with van der Waals surface area (Å²) in [5, 5.41) is 9.61. The molecule has 2 aromatic carbocycles. The Morgan fingerprint density at radius 3 is 2.53 bits per heavy atom. The van der Waals surface area contributed by atoms with Crippen molar-refractivity contribution in [3.8, 4) is 0 Å². The lowest BCUT2D eigenvalue weighted by atomic mass is 10.2. The molecule has 3 rings (SSSR count). The number of nitrogens with zero attached hydrogens (tertiary/aromatic N) is 1. The van der Waals surface area contributed by atoms with Gasteiger partial charge in [0.15, 0.2) is 0 Å². The Morgan fingerprint density at radius 1 is 1.10 bits per heavy atom. The summed E-state index contributed by atoms with van der Waals surface area (Å²) in [7, 11) is 0. The van der Waals surface area contributed by atoms with Crippen LogP contribution in [0.25, 0.3) is 0 Å². The van der Waals surface area contributed by atoms with Crippen LogP contribution in [0.5, 0.6) is 0 Å². The van der Waals surface area contributed by atoms with E-state index in [-0.39, 0.29) is 24.8 Å². The summed E-state index contributed by atoms with van der Waals surface area (Å²) in [4.78, 5) is 25.6. The van der Waals surface area contributed by atoms with Crippen LogP contribution in [0.3, 0.4) is 0 Å². The molecule has 156 valence electrons. The maximum Gasteiger partial charge on any atom is 0.252 e. The van der Waals surface area contributed by atoms with Crippen molar-refractivity contribution in [1.82, 2.24) is 10.5 Å². The summed E-state index contributed by atoms with van der Waals surface area (Å²) in [6.07, 6.45) is 0.191. The maximum absolute atomic E-state index is 12.6. The summed E-state index contributed by atoms with van der Waals surface area (Å²) >= 11 is 4.92. The zero-order valence-corrected chi connectivity index (χ0v) is 19.1. The van der Waals surface area contributed by atoms with Crippen molar-refractivity contribution >= 4 is 45.2 Å². The van der Waals surface area contributed by atoms with Crippen LogP contribution in [0.15, 0.2) is 62.4 Å². The van der Waals surface area contributed by atoms with Gasteiger partial charge in [-0.05, 0) is 50.2 Å². The van der Waals surface area contributed by atoms with Gasteiger partial charge in [-0.3, -0.25) is 9.59 Å². The fourth-order valence-corrected chi connectivity index (χ4v) is 4.25. The van der Waals surface area contributed by atoms with Crippen LogP contribution < -0.4 is 10.6 Å². The number of carbonyl (C=O) groups is 2. The predicted molar refractivity (Wildman–Crippen MR) is 122 cm³/mol. The minimum absolute atomic E-state index is 0.154. The van der Waals surface area contributed by atoms with E-state index in [0.717, 1.165) is 32.1 Å². The first-order valence-electron chi connectivity index (χ1n) is 9.41. The first kappa shape index (κ1) is 22.1. The Bertz CT molecular complexity index is 1010. The highest BCUT2D eigenvalue weighted by atomic mass is 79.9. The van der Waals surface area contributed by atoms with E-state index in [1.807, 2.05) is 56.3 Å². The van der Waals surface area contributed by atoms with E-state index in [9.17, 15) is 9.59 Å². The molecule has 0 saturated heterocycles. The van der Waals surface area contributed by atoms with E-state index in [1.54, 1.807) is 17.8 Å². The molecule has 0 fully saturated rings. The van der Waals surface area contributed by atoms with Gasteiger partial charge in [-0.1, -0.05) is 33.2 Å². The van der Waals surface area contributed by atoms with E-state index in [2.05, 4.69) is 31.7 Å². The number of thioether (sulfide) groups is 1. The van der Waals surface area contributed by atoms with Crippen molar-refractivity contribution < 1.29 is 14.1 Å². The molecule has 8 heteroatoms. The molecule has 0 bridgehead atoms. The first-order chi connectivity index (χ1) is 14.4. The number of carbonyl (C=O) groups excluding carboxylic acids is 2. The molecule has 0 aliphatic heterocycles. The topological polar surface area (TPSA) is 84.2 Å². The molecule has 0 atom stereocenters. The molecule has 0 aliphatic rings. The third-order valence-electron chi connectivity index (χ3n) is 4.45. The monoisotopic (exact) mass is 487 g/mol. The number of aryl methyl sites for hydroxylation is 2. The molecule has 30 heavy (non-hydrogen) atoms. The summed E-state index contributed by atoms with van der Waals surface area (Å²) in [6, 6.07) is 14.8. The zero-order valence-electron chi connectivity index (χ0n) is 16.7. The Balaban J connectivity index is 1.52. The van der Waals surface area contributed by atoms with Crippen molar-refractivity contribution in [2.45, 2.75) is 30.9 Å². The normalized spacial score (nSPS) is 10.6. The summed E-state index contributed by atoms with van der Waals surface area (Å²) < 4.78 is 6.15. The summed E-state index contributed by atoms with van der Waals surface area (Å²) in [6.45, 7) is 4.04. The number of amides is 2. The van der Waals surface area contributed by atoms with E-state index >= 15 is 0 Å². The molecule has 0 radical (unpaired) electrons. The molecule has 1 aromatic heterocycles. The molecule has 2 amide bonds. The van der Waals surface area contributed by atoms with Crippen molar-refractivity contribution in [1.29, 1.82) is 0 Å². The Kier molecular flexibility index (Phi) is 7.70. The first-order valence-corrected chi connectivity index (χ1v) is 11.2.